The summed E-state index contributed by atoms with van der Waals surface area (Å²) in [6.07, 6.45) is 5.54. The summed E-state index contributed by atoms with van der Waals surface area (Å²) in [6.45, 7) is 6.23. The van der Waals surface area contributed by atoms with Crippen molar-refractivity contribution >= 4 is 17.2 Å². The number of hydrogen-bond acceptors (Lipinski definition) is 3. The molecule has 0 saturated heterocycles. The number of benzene rings is 1. The zero-order valence-electron chi connectivity index (χ0n) is 14.0. The van der Waals surface area contributed by atoms with Crippen LogP contribution in [0, 0.1) is 13.8 Å². The highest BCUT2D eigenvalue weighted by Crippen LogP contribution is 2.25. The van der Waals surface area contributed by atoms with Crippen LogP contribution in [-0.2, 0) is 6.42 Å². The van der Waals surface area contributed by atoms with Gasteiger partial charge in [0.1, 0.15) is 5.65 Å². The normalized spacial score (nSPS) is 11.6. The standard InChI is InChI=1S/C19H22N4/c1-4-5-8-16-9-11-17(12-10-16)21-22-19-15(3)20-18-14(2)7-6-13-23(18)19/h6-7,9-13H,4-5,8H2,1-3H3. The minimum Gasteiger partial charge on any atom is -0.283 e. The highest BCUT2D eigenvalue weighted by molar-refractivity contribution is 5.56. The van der Waals surface area contributed by atoms with Crippen molar-refractivity contribution in [3.05, 3.63) is 59.4 Å². The fourth-order valence-electron chi connectivity index (χ4n) is 2.64. The van der Waals surface area contributed by atoms with Gasteiger partial charge in [-0.2, -0.15) is 0 Å². The molecule has 0 aliphatic heterocycles. The van der Waals surface area contributed by atoms with Gasteiger partial charge < -0.3 is 0 Å². The van der Waals surface area contributed by atoms with Gasteiger partial charge in [0.05, 0.1) is 11.4 Å². The zero-order valence-corrected chi connectivity index (χ0v) is 14.0. The predicted octanol–water partition coefficient (Wildman–Crippen LogP) is 5.71. The van der Waals surface area contributed by atoms with Gasteiger partial charge in [-0.15, -0.1) is 10.2 Å². The first-order chi connectivity index (χ1) is 11.2. The summed E-state index contributed by atoms with van der Waals surface area (Å²) in [6, 6.07) is 12.4. The summed E-state index contributed by atoms with van der Waals surface area (Å²) in [4.78, 5) is 4.58. The van der Waals surface area contributed by atoms with Crippen molar-refractivity contribution in [2.45, 2.75) is 40.0 Å². The highest BCUT2D eigenvalue weighted by Gasteiger charge is 2.09. The van der Waals surface area contributed by atoms with E-state index in [1.54, 1.807) is 0 Å². The Balaban J connectivity index is 1.85. The summed E-state index contributed by atoms with van der Waals surface area (Å²) in [5.41, 5.74) is 5.19. The molecule has 0 amide bonds. The van der Waals surface area contributed by atoms with E-state index in [4.69, 9.17) is 0 Å². The van der Waals surface area contributed by atoms with E-state index < -0.39 is 0 Å². The lowest BCUT2D eigenvalue weighted by Gasteiger charge is -2.00. The third-order valence-electron chi connectivity index (χ3n) is 4.00. The van der Waals surface area contributed by atoms with Gasteiger partial charge in [0.15, 0.2) is 5.82 Å². The lowest BCUT2D eigenvalue weighted by atomic mass is 10.1. The molecule has 1 aromatic carbocycles. The van der Waals surface area contributed by atoms with Crippen LogP contribution in [0.5, 0.6) is 0 Å². The van der Waals surface area contributed by atoms with Crippen molar-refractivity contribution in [1.82, 2.24) is 9.38 Å². The van der Waals surface area contributed by atoms with E-state index in [1.807, 2.05) is 35.7 Å². The van der Waals surface area contributed by atoms with Gasteiger partial charge in [-0.3, -0.25) is 4.40 Å². The summed E-state index contributed by atoms with van der Waals surface area (Å²) in [7, 11) is 0. The molecule has 0 aliphatic carbocycles. The van der Waals surface area contributed by atoms with Crippen LogP contribution in [0.3, 0.4) is 0 Å². The van der Waals surface area contributed by atoms with Gasteiger partial charge in [0, 0.05) is 6.20 Å². The second-order valence-corrected chi connectivity index (χ2v) is 5.88. The molecule has 118 valence electrons. The first kappa shape index (κ1) is 15.4. The van der Waals surface area contributed by atoms with Crippen LogP contribution in [0.2, 0.25) is 0 Å². The van der Waals surface area contributed by atoms with E-state index in [0.29, 0.717) is 0 Å². The molecule has 2 heterocycles. The van der Waals surface area contributed by atoms with Crippen molar-refractivity contribution in [3.63, 3.8) is 0 Å². The van der Waals surface area contributed by atoms with E-state index >= 15 is 0 Å². The van der Waals surface area contributed by atoms with Gasteiger partial charge in [-0.05, 0) is 56.0 Å². The Hall–Kier alpha value is -2.49. The summed E-state index contributed by atoms with van der Waals surface area (Å²) >= 11 is 0. The molecule has 0 N–H and O–H groups in total. The molecule has 4 nitrogen and oxygen atoms in total. The Morgan fingerprint density at radius 1 is 1.04 bits per heavy atom. The van der Waals surface area contributed by atoms with Gasteiger partial charge in [-0.25, -0.2) is 4.98 Å². The molecule has 0 saturated carbocycles. The lowest BCUT2D eigenvalue weighted by molar-refractivity contribution is 0.795. The Kier molecular flexibility index (Phi) is 4.51. The molecule has 3 rings (SSSR count). The molecule has 0 unspecified atom stereocenters. The molecule has 0 fully saturated rings. The molecular formula is C19H22N4. The fraction of sp³-hybridized carbons (Fsp3) is 0.316. The number of azo groups is 1. The van der Waals surface area contributed by atoms with Crippen molar-refractivity contribution in [1.29, 1.82) is 0 Å². The van der Waals surface area contributed by atoms with E-state index in [9.17, 15) is 0 Å². The largest absolute Gasteiger partial charge is 0.283 e. The minimum absolute atomic E-state index is 0.791. The van der Waals surface area contributed by atoms with Gasteiger partial charge in [-0.1, -0.05) is 31.5 Å². The van der Waals surface area contributed by atoms with Crippen molar-refractivity contribution in [2.24, 2.45) is 10.2 Å². The van der Waals surface area contributed by atoms with Crippen LogP contribution in [0.15, 0.2) is 52.8 Å². The number of hydrogen-bond donors (Lipinski definition) is 0. The highest BCUT2D eigenvalue weighted by atomic mass is 15.2. The number of aromatic nitrogens is 2. The average molecular weight is 306 g/mol. The van der Waals surface area contributed by atoms with Crippen LogP contribution in [0.4, 0.5) is 11.5 Å². The van der Waals surface area contributed by atoms with Crippen LogP contribution in [0.1, 0.15) is 36.6 Å². The summed E-state index contributed by atoms with van der Waals surface area (Å²) in [5.74, 6) is 0.791. The molecule has 4 heteroatoms. The van der Waals surface area contributed by atoms with E-state index in [1.165, 1.54) is 18.4 Å². The maximum Gasteiger partial charge on any atom is 0.182 e. The number of unbranched alkanes of at least 4 members (excludes halogenated alkanes) is 1. The molecule has 0 bridgehead atoms. The van der Waals surface area contributed by atoms with Crippen LogP contribution in [0.25, 0.3) is 5.65 Å². The first-order valence-electron chi connectivity index (χ1n) is 8.14. The van der Waals surface area contributed by atoms with E-state index in [0.717, 1.165) is 34.8 Å². The number of fused-ring (bicyclic) bond motifs is 1. The predicted molar refractivity (Wildman–Crippen MR) is 93.9 cm³/mol. The smallest absolute Gasteiger partial charge is 0.182 e. The number of nitrogens with zero attached hydrogens (tertiary/aromatic N) is 4. The number of aryl methyl sites for hydroxylation is 3. The molecule has 0 radical (unpaired) electrons. The van der Waals surface area contributed by atoms with Gasteiger partial charge in [0.2, 0.25) is 0 Å². The molecule has 23 heavy (non-hydrogen) atoms. The number of pyridine rings is 1. The first-order valence-corrected chi connectivity index (χ1v) is 8.14. The SMILES string of the molecule is CCCCc1ccc(N=Nc2c(C)nc3c(C)cccn23)cc1. The van der Waals surface area contributed by atoms with Crippen LogP contribution >= 0.6 is 0 Å². The van der Waals surface area contributed by atoms with E-state index in [2.05, 4.69) is 47.3 Å². The van der Waals surface area contributed by atoms with Gasteiger partial charge in [0.25, 0.3) is 0 Å². The third-order valence-corrected chi connectivity index (χ3v) is 4.00. The minimum atomic E-state index is 0.791. The number of imidazole rings is 1. The van der Waals surface area contributed by atoms with Crippen LogP contribution in [-0.4, -0.2) is 9.38 Å². The Morgan fingerprint density at radius 3 is 2.57 bits per heavy atom. The maximum absolute atomic E-state index is 4.58. The monoisotopic (exact) mass is 306 g/mol. The molecule has 0 atom stereocenters. The van der Waals surface area contributed by atoms with Crippen LogP contribution < -0.4 is 0 Å². The Labute approximate surface area is 136 Å². The lowest BCUT2D eigenvalue weighted by Crippen LogP contribution is -1.85. The zero-order chi connectivity index (χ0) is 16.2. The summed E-state index contributed by atoms with van der Waals surface area (Å²) < 4.78 is 1.99. The second kappa shape index (κ2) is 6.73. The Bertz CT molecular complexity index is 828. The quantitative estimate of drug-likeness (QED) is 0.557. The molecular weight excluding hydrogens is 284 g/mol. The second-order valence-electron chi connectivity index (χ2n) is 5.88. The molecule has 2 aromatic heterocycles. The van der Waals surface area contributed by atoms with Crippen molar-refractivity contribution < 1.29 is 0 Å². The number of rotatable bonds is 5. The maximum atomic E-state index is 4.58. The average Bonchev–Trinajstić information content (AvgIpc) is 2.89. The van der Waals surface area contributed by atoms with Gasteiger partial charge >= 0.3 is 0 Å². The van der Waals surface area contributed by atoms with Crippen molar-refractivity contribution in [2.75, 3.05) is 0 Å². The topological polar surface area (TPSA) is 42.0 Å². The summed E-state index contributed by atoms with van der Waals surface area (Å²) in [5, 5.41) is 8.80. The van der Waals surface area contributed by atoms with Crippen molar-refractivity contribution in [3.8, 4) is 0 Å². The molecule has 0 aliphatic rings. The third kappa shape index (κ3) is 3.31. The Morgan fingerprint density at radius 2 is 1.83 bits per heavy atom. The molecule has 3 aromatic rings. The van der Waals surface area contributed by atoms with E-state index in [-0.39, 0.29) is 0 Å². The molecule has 0 spiro atoms. The fourth-order valence-corrected chi connectivity index (χ4v) is 2.64.